The average Bonchev–Trinajstić information content (AvgIpc) is 3.14. The van der Waals surface area contributed by atoms with E-state index in [1.54, 1.807) is 18.4 Å². The molecule has 2 heterocycles. The van der Waals surface area contributed by atoms with Crippen molar-refractivity contribution in [2.75, 3.05) is 7.11 Å². The van der Waals surface area contributed by atoms with E-state index >= 15 is 0 Å². The van der Waals surface area contributed by atoms with E-state index in [2.05, 4.69) is 19.1 Å². The Bertz CT molecular complexity index is 681. The third-order valence-electron chi connectivity index (χ3n) is 3.70. The van der Waals surface area contributed by atoms with Crippen LogP contribution < -0.4 is 10.5 Å². The van der Waals surface area contributed by atoms with Crippen LogP contribution in [0.25, 0.3) is 0 Å². The van der Waals surface area contributed by atoms with Crippen molar-refractivity contribution in [3.63, 3.8) is 0 Å². The normalized spacial score (nSPS) is 18.1. The summed E-state index contributed by atoms with van der Waals surface area (Å²) in [5, 5.41) is 1.90. The van der Waals surface area contributed by atoms with Gasteiger partial charge >= 0.3 is 0 Å². The second-order valence-corrected chi connectivity index (χ2v) is 6.35. The molecule has 0 amide bonds. The van der Waals surface area contributed by atoms with E-state index < -0.39 is 0 Å². The molecular weight excluding hydrogens is 296 g/mol. The molecule has 22 heavy (non-hydrogen) atoms. The van der Waals surface area contributed by atoms with Crippen LogP contribution in [0.5, 0.6) is 5.75 Å². The summed E-state index contributed by atoms with van der Waals surface area (Å²) in [7, 11) is 1.68. The summed E-state index contributed by atoms with van der Waals surface area (Å²) >= 11 is 1.80. The largest absolute Gasteiger partial charge is 0.496 e. The highest BCUT2D eigenvalue weighted by molar-refractivity contribution is 7.12. The zero-order valence-corrected chi connectivity index (χ0v) is 13.6. The topological polar surface area (TPSA) is 47.7 Å². The Hall–Kier alpha value is -1.98. The van der Waals surface area contributed by atoms with Crippen LogP contribution in [0.1, 0.15) is 28.3 Å². The Morgan fingerprint density at radius 3 is 2.82 bits per heavy atom. The molecule has 0 spiro atoms. The molecule has 3 rings (SSSR count). The molecule has 1 atom stereocenters. The SMILES string of the molecule is CCc1ccc(C2C=C(N)ON2Cc2ccccc2OC)s1. The lowest BCUT2D eigenvalue weighted by Crippen LogP contribution is -2.23. The molecule has 0 saturated carbocycles. The number of methoxy groups -OCH3 is 1. The second kappa shape index (κ2) is 6.42. The number of nitrogens with zero attached hydrogens (tertiary/aromatic N) is 1. The van der Waals surface area contributed by atoms with Crippen molar-refractivity contribution in [3.05, 3.63) is 63.7 Å². The number of aryl methyl sites for hydroxylation is 1. The van der Waals surface area contributed by atoms with Gasteiger partial charge < -0.3 is 15.3 Å². The van der Waals surface area contributed by atoms with Crippen LogP contribution in [0.4, 0.5) is 0 Å². The monoisotopic (exact) mass is 316 g/mol. The molecule has 1 aliphatic rings. The van der Waals surface area contributed by atoms with Crippen LogP contribution in [0.2, 0.25) is 0 Å². The highest BCUT2D eigenvalue weighted by atomic mass is 32.1. The van der Waals surface area contributed by atoms with Crippen molar-refractivity contribution in [1.29, 1.82) is 0 Å². The summed E-state index contributed by atoms with van der Waals surface area (Å²) in [6, 6.07) is 12.3. The van der Waals surface area contributed by atoms with Gasteiger partial charge in [-0.25, -0.2) is 0 Å². The summed E-state index contributed by atoms with van der Waals surface area (Å²) in [6.45, 7) is 2.78. The van der Waals surface area contributed by atoms with E-state index in [9.17, 15) is 0 Å². The van der Waals surface area contributed by atoms with Gasteiger partial charge in [-0.15, -0.1) is 16.4 Å². The molecule has 0 saturated heterocycles. The van der Waals surface area contributed by atoms with Gasteiger partial charge in [0.25, 0.3) is 0 Å². The van der Waals surface area contributed by atoms with E-state index in [0.717, 1.165) is 17.7 Å². The Morgan fingerprint density at radius 2 is 2.09 bits per heavy atom. The van der Waals surface area contributed by atoms with E-state index in [1.807, 2.05) is 35.4 Å². The smallest absolute Gasteiger partial charge is 0.207 e. The van der Waals surface area contributed by atoms with Crippen LogP contribution in [0.15, 0.2) is 48.4 Å². The summed E-state index contributed by atoms with van der Waals surface area (Å²) in [4.78, 5) is 8.31. The first kappa shape index (κ1) is 14.9. The zero-order chi connectivity index (χ0) is 15.5. The fourth-order valence-corrected chi connectivity index (χ4v) is 3.59. The first-order valence-electron chi connectivity index (χ1n) is 7.33. The van der Waals surface area contributed by atoms with Gasteiger partial charge in [0.2, 0.25) is 5.88 Å². The molecule has 1 aromatic carbocycles. The number of rotatable bonds is 5. The van der Waals surface area contributed by atoms with E-state index in [0.29, 0.717) is 12.4 Å². The third kappa shape index (κ3) is 2.96. The quantitative estimate of drug-likeness (QED) is 0.915. The number of thiophene rings is 1. The van der Waals surface area contributed by atoms with Crippen molar-refractivity contribution in [2.45, 2.75) is 25.9 Å². The molecule has 1 unspecified atom stereocenters. The number of hydroxylamine groups is 2. The Kier molecular flexibility index (Phi) is 4.36. The van der Waals surface area contributed by atoms with Gasteiger partial charge in [0, 0.05) is 21.4 Å². The molecule has 116 valence electrons. The number of ether oxygens (including phenoxy) is 1. The molecule has 0 radical (unpaired) electrons. The Balaban J connectivity index is 1.83. The fourth-order valence-electron chi connectivity index (χ4n) is 2.56. The maximum atomic E-state index is 5.89. The van der Waals surface area contributed by atoms with Crippen LogP contribution in [0.3, 0.4) is 0 Å². The van der Waals surface area contributed by atoms with Crippen molar-refractivity contribution >= 4 is 11.3 Å². The Labute approximate surface area is 134 Å². The van der Waals surface area contributed by atoms with Crippen molar-refractivity contribution < 1.29 is 9.57 Å². The summed E-state index contributed by atoms with van der Waals surface area (Å²) in [6.07, 6.45) is 3.00. The minimum atomic E-state index is 0.0511. The molecule has 0 bridgehead atoms. The first-order chi connectivity index (χ1) is 10.7. The molecule has 2 aromatic rings. The van der Waals surface area contributed by atoms with Gasteiger partial charge in [-0.3, -0.25) is 0 Å². The van der Waals surface area contributed by atoms with Crippen LogP contribution in [0, 0.1) is 0 Å². The van der Waals surface area contributed by atoms with Gasteiger partial charge in [0.05, 0.1) is 13.7 Å². The highest BCUT2D eigenvalue weighted by Gasteiger charge is 2.29. The van der Waals surface area contributed by atoms with Crippen molar-refractivity contribution in [2.24, 2.45) is 5.73 Å². The highest BCUT2D eigenvalue weighted by Crippen LogP contribution is 2.36. The van der Waals surface area contributed by atoms with E-state index in [-0.39, 0.29) is 6.04 Å². The molecular formula is C17H20N2O2S. The number of para-hydroxylation sites is 1. The standard InChI is InChI=1S/C17H20N2O2S/c1-3-13-8-9-16(22-13)14-10-17(18)21-19(14)11-12-6-4-5-7-15(12)20-2/h4-10,14H,3,11,18H2,1-2H3. The maximum Gasteiger partial charge on any atom is 0.207 e. The van der Waals surface area contributed by atoms with Crippen LogP contribution in [-0.4, -0.2) is 12.2 Å². The second-order valence-electron chi connectivity index (χ2n) is 5.15. The van der Waals surface area contributed by atoms with Gasteiger partial charge in [-0.2, -0.15) is 0 Å². The lowest BCUT2D eigenvalue weighted by atomic mass is 10.1. The first-order valence-corrected chi connectivity index (χ1v) is 8.15. The third-order valence-corrected chi connectivity index (χ3v) is 5.00. The molecule has 1 aromatic heterocycles. The van der Waals surface area contributed by atoms with Crippen molar-refractivity contribution in [1.82, 2.24) is 5.06 Å². The number of nitrogens with two attached hydrogens (primary N) is 1. The number of hydrogen-bond acceptors (Lipinski definition) is 5. The predicted octanol–water partition coefficient (Wildman–Crippen LogP) is 3.61. The molecule has 0 aliphatic carbocycles. The average molecular weight is 316 g/mol. The molecule has 0 fully saturated rings. The van der Waals surface area contributed by atoms with Gasteiger partial charge in [-0.1, -0.05) is 25.1 Å². The van der Waals surface area contributed by atoms with Gasteiger partial charge in [0.1, 0.15) is 11.8 Å². The fraction of sp³-hybridized carbons (Fsp3) is 0.294. The number of hydrogen-bond donors (Lipinski definition) is 1. The maximum absolute atomic E-state index is 5.89. The summed E-state index contributed by atoms with van der Waals surface area (Å²) < 4.78 is 5.42. The van der Waals surface area contributed by atoms with Gasteiger partial charge in [-0.05, 0) is 24.6 Å². The molecule has 4 nitrogen and oxygen atoms in total. The van der Waals surface area contributed by atoms with E-state index in [4.69, 9.17) is 15.3 Å². The van der Waals surface area contributed by atoms with Crippen molar-refractivity contribution in [3.8, 4) is 5.75 Å². The van der Waals surface area contributed by atoms with E-state index in [1.165, 1.54) is 9.75 Å². The predicted molar refractivity (Wildman–Crippen MR) is 88.3 cm³/mol. The number of benzene rings is 1. The Morgan fingerprint density at radius 1 is 1.27 bits per heavy atom. The van der Waals surface area contributed by atoms with Crippen LogP contribution >= 0.6 is 11.3 Å². The lowest BCUT2D eigenvalue weighted by molar-refractivity contribution is -0.127. The molecule has 5 heteroatoms. The minimum absolute atomic E-state index is 0.0511. The summed E-state index contributed by atoms with van der Waals surface area (Å²) in [5.74, 6) is 1.31. The lowest BCUT2D eigenvalue weighted by Gasteiger charge is -2.22. The molecule has 2 N–H and O–H groups in total. The minimum Gasteiger partial charge on any atom is -0.496 e. The zero-order valence-electron chi connectivity index (χ0n) is 12.8. The van der Waals surface area contributed by atoms with Crippen LogP contribution in [-0.2, 0) is 17.8 Å². The summed E-state index contributed by atoms with van der Waals surface area (Å²) in [5.41, 5.74) is 6.96. The molecule has 1 aliphatic heterocycles. The van der Waals surface area contributed by atoms with Gasteiger partial charge in [0.15, 0.2) is 0 Å².